The maximum Gasteiger partial charge on any atom is 0.416 e. The molecule has 1 atom stereocenters. The Labute approximate surface area is 166 Å². The number of ketones is 1. The SMILES string of the molecule is CC(=O)CC[C@H]1CN(S(=O)(=O)c2cccc(C(F)(F)F)c2)c2cc(N)ccc2O1. The maximum atomic E-state index is 13.2. The van der Waals surface area contributed by atoms with Gasteiger partial charge in [0.15, 0.2) is 0 Å². The Morgan fingerprint density at radius 1 is 1.24 bits per heavy atom. The van der Waals surface area contributed by atoms with Crippen molar-refractivity contribution in [2.45, 2.75) is 36.9 Å². The van der Waals surface area contributed by atoms with Crippen molar-refractivity contribution >= 4 is 27.2 Å². The van der Waals surface area contributed by atoms with Crippen molar-refractivity contribution in [3.05, 3.63) is 48.0 Å². The number of alkyl halides is 3. The summed E-state index contributed by atoms with van der Waals surface area (Å²) in [6.45, 7) is 1.26. The van der Waals surface area contributed by atoms with E-state index in [1.807, 2.05) is 0 Å². The monoisotopic (exact) mass is 428 g/mol. The van der Waals surface area contributed by atoms with E-state index in [4.69, 9.17) is 10.5 Å². The van der Waals surface area contributed by atoms with Gasteiger partial charge in [0.2, 0.25) is 0 Å². The van der Waals surface area contributed by atoms with Crippen LogP contribution in [0.2, 0.25) is 0 Å². The summed E-state index contributed by atoms with van der Waals surface area (Å²) < 4.78 is 72.4. The molecule has 0 fully saturated rings. The zero-order valence-corrected chi connectivity index (χ0v) is 16.3. The molecule has 6 nitrogen and oxygen atoms in total. The molecule has 29 heavy (non-hydrogen) atoms. The quantitative estimate of drug-likeness (QED) is 0.735. The topological polar surface area (TPSA) is 89.7 Å². The van der Waals surface area contributed by atoms with Crippen LogP contribution < -0.4 is 14.8 Å². The van der Waals surface area contributed by atoms with Crippen LogP contribution in [0.15, 0.2) is 47.4 Å². The lowest BCUT2D eigenvalue weighted by molar-refractivity contribution is -0.137. The first-order valence-electron chi connectivity index (χ1n) is 8.74. The van der Waals surface area contributed by atoms with E-state index in [2.05, 4.69) is 0 Å². The Morgan fingerprint density at radius 2 is 1.97 bits per heavy atom. The van der Waals surface area contributed by atoms with Gasteiger partial charge in [0.25, 0.3) is 10.0 Å². The summed E-state index contributed by atoms with van der Waals surface area (Å²) in [5.74, 6) is 0.151. The summed E-state index contributed by atoms with van der Waals surface area (Å²) in [6, 6.07) is 7.98. The molecule has 3 rings (SSSR count). The van der Waals surface area contributed by atoms with Gasteiger partial charge in [-0.3, -0.25) is 4.31 Å². The van der Waals surface area contributed by atoms with E-state index in [1.54, 1.807) is 0 Å². The lowest BCUT2D eigenvalue weighted by Gasteiger charge is -2.35. The van der Waals surface area contributed by atoms with Crippen LogP contribution in [-0.2, 0) is 21.0 Å². The lowest BCUT2D eigenvalue weighted by atomic mass is 10.1. The first-order chi connectivity index (χ1) is 13.5. The molecule has 1 heterocycles. The van der Waals surface area contributed by atoms with E-state index in [1.165, 1.54) is 25.1 Å². The summed E-state index contributed by atoms with van der Waals surface area (Å²) in [4.78, 5) is 10.8. The fraction of sp³-hybridized carbons (Fsp3) is 0.316. The summed E-state index contributed by atoms with van der Waals surface area (Å²) in [6.07, 6.45) is -4.85. The molecule has 0 amide bonds. The molecule has 0 unspecified atom stereocenters. The molecular weight excluding hydrogens is 409 g/mol. The molecule has 0 aromatic heterocycles. The predicted molar refractivity (Wildman–Crippen MR) is 101 cm³/mol. The van der Waals surface area contributed by atoms with Crippen LogP contribution in [0.4, 0.5) is 24.5 Å². The van der Waals surface area contributed by atoms with Gasteiger partial charge in [-0.2, -0.15) is 13.2 Å². The third-order valence-corrected chi connectivity index (χ3v) is 6.26. The van der Waals surface area contributed by atoms with Crippen LogP contribution in [-0.4, -0.2) is 26.8 Å². The normalized spacial score (nSPS) is 16.8. The standard InChI is InChI=1S/C19H19F3N2O4S/c1-12(25)5-7-15-11-24(17-10-14(23)6-8-18(17)28-15)29(26,27)16-4-2-3-13(9-16)19(20,21)22/h2-4,6,8-10,15H,5,7,11,23H2,1H3/t15-/m0/s1. The number of carbonyl (C=O) groups is 1. The average molecular weight is 428 g/mol. The predicted octanol–water partition coefficient (Wildman–Crippen LogP) is 3.61. The number of nitrogens with two attached hydrogens (primary N) is 1. The number of anilines is 2. The van der Waals surface area contributed by atoms with Gasteiger partial charge in [0, 0.05) is 12.1 Å². The Kier molecular flexibility index (Phi) is 5.48. The van der Waals surface area contributed by atoms with Crippen LogP contribution in [0.25, 0.3) is 0 Å². The van der Waals surface area contributed by atoms with Crippen molar-refractivity contribution in [3.63, 3.8) is 0 Å². The second-order valence-corrected chi connectivity index (χ2v) is 8.63. The van der Waals surface area contributed by atoms with Crippen molar-refractivity contribution in [2.24, 2.45) is 0 Å². The van der Waals surface area contributed by atoms with E-state index < -0.39 is 32.8 Å². The minimum absolute atomic E-state index is 0.0796. The van der Waals surface area contributed by atoms with E-state index >= 15 is 0 Å². The third-order valence-electron chi connectivity index (χ3n) is 4.48. The molecule has 0 spiro atoms. The second-order valence-electron chi connectivity index (χ2n) is 6.77. The molecule has 1 aliphatic heterocycles. The lowest BCUT2D eigenvalue weighted by Crippen LogP contribution is -2.43. The van der Waals surface area contributed by atoms with Gasteiger partial charge in [-0.1, -0.05) is 6.07 Å². The van der Waals surface area contributed by atoms with Gasteiger partial charge >= 0.3 is 6.18 Å². The summed E-state index contributed by atoms with van der Waals surface area (Å²) in [5, 5.41) is 0. The van der Waals surface area contributed by atoms with Crippen LogP contribution in [0.1, 0.15) is 25.3 Å². The third kappa shape index (κ3) is 4.47. The van der Waals surface area contributed by atoms with Gasteiger partial charge < -0.3 is 15.3 Å². The highest BCUT2D eigenvalue weighted by molar-refractivity contribution is 7.92. The van der Waals surface area contributed by atoms with Crippen LogP contribution in [0.5, 0.6) is 5.75 Å². The van der Waals surface area contributed by atoms with Crippen LogP contribution in [0.3, 0.4) is 0 Å². The van der Waals surface area contributed by atoms with Gasteiger partial charge in [-0.15, -0.1) is 0 Å². The molecule has 0 bridgehead atoms. The minimum Gasteiger partial charge on any atom is -0.486 e. The molecule has 0 saturated carbocycles. The zero-order valence-electron chi connectivity index (χ0n) is 15.4. The number of hydrogen-bond donors (Lipinski definition) is 1. The summed E-state index contributed by atoms with van der Waals surface area (Å²) in [7, 11) is -4.33. The molecule has 0 radical (unpaired) electrons. The number of ether oxygens (including phenoxy) is 1. The maximum absolute atomic E-state index is 13.2. The fourth-order valence-electron chi connectivity index (χ4n) is 3.03. The molecule has 10 heteroatoms. The van der Waals surface area contributed by atoms with Crippen molar-refractivity contribution in [3.8, 4) is 5.75 Å². The average Bonchev–Trinajstić information content (AvgIpc) is 2.65. The number of fused-ring (bicyclic) bond motifs is 1. The first-order valence-corrected chi connectivity index (χ1v) is 10.2. The van der Waals surface area contributed by atoms with E-state index in [0.717, 1.165) is 22.5 Å². The second kappa shape index (κ2) is 7.58. The summed E-state index contributed by atoms with van der Waals surface area (Å²) >= 11 is 0. The molecule has 0 aliphatic carbocycles. The van der Waals surface area contributed by atoms with E-state index in [9.17, 15) is 26.4 Å². The van der Waals surface area contributed by atoms with Crippen LogP contribution in [0, 0.1) is 0 Å². The Morgan fingerprint density at radius 3 is 2.62 bits per heavy atom. The number of Topliss-reactive ketones (excluding diaryl/α,β-unsaturated/α-hetero) is 1. The highest BCUT2D eigenvalue weighted by atomic mass is 32.2. The fourth-order valence-corrected chi connectivity index (χ4v) is 4.58. The van der Waals surface area contributed by atoms with Crippen molar-refractivity contribution in [1.82, 2.24) is 0 Å². The minimum atomic E-state index is -4.68. The Hall–Kier alpha value is -2.75. The molecule has 1 aliphatic rings. The number of nitrogen functional groups attached to an aromatic ring is 1. The van der Waals surface area contributed by atoms with Gasteiger partial charge in [-0.25, -0.2) is 8.42 Å². The van der Waals surface area contributed by atoms with E-state index in [-0.39, 0.29) is 42.3 Å². The van der Waals surface area contributed by atoms with Gasteiger partial charge in [-0.05, 0) is 49.7 Å². The summed E-state index contributed by atoms with van der Waals surface area (Å²) in [5.41, 5.74) is 5.12. The molecule has 0 saturated heterocycles. The molecule has 156 valence electrons. The Balaban J connectivity index is 2.05. The van der Waals surface area contributed by atoms with Gasteiger partial charge in [0.1, 0.15) is 17.6 Å². The zero-order chi connectivity index (χ0) is 21.4. The highest BCUT2D eigenvalue weighted by Gasteiger charge is 2.37. The van der Waals surface area contributed by atoms with Crippen LogP contribution >= 0.6 is 0 Å². The number of benzene rings is 2. The molecule has 2 N–H and O–H groups in total. The smallest absolute Gasteiger partial charge is 0.416 e. The molecule has 2 aromatic carbocycles. The van der Waals surface area contributed by atoms with Crippen molar-refractivity contribution in [2.75, 3.05) is 16.6 Å². The van der Waals surface area contributed by atoms with Gasteiger partial charge in [0.05, 0.1) is 22.7 Å². The van der Waals surface area contributed by atoms with Crippen molar-refractivity contribution in [1.29, 1.82) is 0 Å². The highest BCUT2D eigenvalue weighted by Crippen LogP contribution is 2.40. The number of nitrogens with zero attached hydrogens (tertiary/aromatic N) is 1. The van der Waals surface area contributed by atoms with Crippen molar-refractivity contribution < 1.29 is 31.1 Å². The number of hydrogen-bond acceptors (Lipinski definition) is 5. The molecule has 2 aromatic rings. The number of carbonyl (C=O) groups excluding carboxylic acids is 1. The number of rotatable bonds is 5. The van der Waals surface area contributed by atoms with E-state index in [0.29, 0.717) is 6.07 Å². The molecular formula is C19H19F3N2O4S. The first kappa shape index (κ1) is 21.0. The Bertz CT molecular complexity index is 1040. The largest absolute Gasteiger partial charge is 0.486 e. The number of sulfonamides is 1. The number of halogens is 3.